The molecule has 0 aliphatic carbocycles. The summed E-state index contributed by atoms with van der Waals surface area (Å²) in [6, 6.07) is 9.24. The van der Waals surface area contributed by atoms with Crippen molar-refractivity contribution in [1.82, 2.24) is 0 Å². The summed E-state index contributed by atoms with van der Waals surface area (Å²) in [5.41, 5.74) is 1.45. The van der Waals surface area contributed by atoms with Gasteiger partial charge in [-0.3, -0.25) is 0 Å². The largest absolute Gasteiger partial charge is 0.494 e. The van der Waals surface area contributed by atoms with E-state index in [9.17, 15) is 4.79 Å². The Morgan fingerprint density at radius 3 is 2.59 bits per heavy atom. The lowest BCUT2D eigenvalue weighted by atomic mass is 10.3. The van der Waals surface area contributed by atoms with E-state index in [4.69, 9.17) is 21.7 Å². The number of thiocarbonyl (C=S) groups is 1. The van der Waals surface area contributed by atoms with Crippen molar-refractivity contribution in [1.29, 1.82) is 0 Å². The number of ether oxygens (including phenoxy) is 2. The van der Waals surface area contributed by atoms with Gasteiger partial charge in [-0.25, -0.2) is 4.79 Å². The summed E-state index contributed by atoms with van der Waals surface area (Å²) in [5, 5.41) is 8.24. The smallest absolute Gasteiger partial charge is 0.350 e. The van der Waals surface area contributed by atoms with Crippen molar-refractivity contribution in [2.24, 2.45) is 0 Å². The zero-order chi connectivity index (χ0) is 15.9. The predicted octanol–water partition coefficient (Wildman–Crippen LogP) is 3.74. The molecule has 1 heterocycles. The Morgan fingerprint density at radius 1 is 1.23 bits per heavy atom. The van der Waals surface area contributed by atoms with Gasteiger partial charge in [0.1, 0.15) is 10.6 Å². The predicted molar refractivity (Wildman–Crippen MR) is 93.1 cm³/mol. The van der Waals surface area contributed by atoms with Crippen LogP contribution in [0.1, 0.15) is 16.6 Å². The number of esters is 1. The molecular weight excluding hydrogens is 320 g/mol. The van der Waals surface area contributed by atoms with Crippen LogP contribution in [0.15, 0.2) is 35.7 Å². The molecule has 0 aliphatic heterocycles. The van der Waals surface area contributed by atoms with Gasteiger partial charge in [-0.15, -0.1) is 11.3 Å². The molecule has 0 radical (unpaired) electrons. The first kappa shape index (κ1) is 16.3. The minimum atomic E-state index is -0.388. The summed E-state index contributed by atoms with van der Waals surface area (Å²) in [7, 11) is 1.35. The maximum absolute atomic E-state index is 11.6. The summed E-state index contributed by atoms with van der Waals surface area (Å²) < 4.78 is 10.1. The minimum Gasteiger partial charge on any atom is -0.494 e. The summed E-state index contributed by atoms with van der Waals surface area (Å²) in [6.07, 6.45) is 0. The van der Waals surface area contributed by atoms with Crippen LogP contribution >= 0.6 is 23.6 Å². The molecule has 0 bridgehead atoms. The Balaban J connectivity index is 1.98. The van der Waals surface area contributed by atoms with Crippen molar-refractivity contribution < 1.29 is 14.3 Å². The Morgan fingerprint density at radius 2 is 1.95 bits per heavy atom. The molecule has 0 fully saturated rings. The SMILES string of the molecule is CCOc1ccc(NC(=S)Nc2ccsc2C(=O)OC)cc1. The average Bonchev–Trinajstić information content (AvgIpc) is 2.96. The first-order valence-electron chi connectivity index (χ1n) is 6.60. The highest BCUT2D eigenvalue weighted by Crippen LogP contribution is 2.23. The molecule has 0 unspecified atom stereocenters. The fraction of sp³-hybridized carbons (Fsp3) is 0.200. The van der Waals surface area contributed by atoms with E-state index >= 15 is 0 Å². The van der Waals surface area contributed by atoms with Crippen LogP contribution in [0, 0.1) is 0 Å². The summed E-state index contributed by atoms with van der Waals surface area (Å²) in [6.45, 7) is 2.56. The van der Waals surface area contributed by atoms with Crippen molar-refractivity contribution in [3.8, 4) is 5.75 Å². The number of hydrogen-bond acceptors (Lipinski definition) is 5. The van der Waals surface area contributed by atoms with Crippen LogP contribution in [0.25, 0.3) is 0 Å². The van der Waals surface area contributed by atoms with Gasteiger partial charge in [0.15, 0.2) is 5.11 Å². The maximum Gasteiger partial charge on any atom is 0.350 e. The molecule has 2 rings (SSSR count). The average molecular weight is 336 g/mol. The number of rotatable bonds is 5. The van der Waals surface area contributed by atoms with E-state index in [0.29, 0.717) is 22.3 Å². The highest BCUT2D eigenvalue weighted by atomic mass is 32.1. The lowest BCUT2D eigenvalue weighted by molar-refractivity contribution is 0.0607. The van der Waals surface area contributed by atoms with Crippen LogP contribution in [-0.2, 0) is 4.74 Å². The second kappa shape index (κ2) is 7.77. The summed E-state index contributed by atoms with van der Waals surface area (Å²) >= 11 is 6.55. The van der Waals surface area contributed by atoms with Crippen molar-refractivity contribution >= 4 is 46.0 Å². The molecule has 0 spiro atoms. The fourth-order valence-corrected chi connectivity index (χ4v) is 2.74. The van der Waals surface area contributed by atoms with E-state index in [0.717, 1.165) is 11.4 Å². The number of methoxy groups -OCH3 is 1. The molecule has 0 amide bonds. The maximum atomic E-state index is 11.6. The molecule has 116 valence electrons. The number of carbonyl (C=O) groups excluding carboxylic acids is 1. The standard InChI is InChI=1S/C15H16N2O3S2/c1-3-20-11-6-4-10(5-7-11)16-15(21)17-12-8-9-22-13(12)14(18)19-2/h4-9H,3H2,1-2H3,(H2,16,17,21). The molecule has 1 aromatic heterocycles. The highest BCUT2D eigenvalue weighted by Gasteiger charge is 2.14. The molecule has 0 saturated carbocycles. The molecule has 2 N–H and O–H groups in total. The lowest BCUT2D eigenvalue weighted by Gasteiger charge is -2.11. The van der Waals surface area contributed by atoms with E-state index in [2.05, 4.69) is 10.6 Å². The van der Waals surface area contributed by atoms with Gasteiger partial charge in [0.2, 0.25) is 0 Å². The third-order valence-corrected chi connectivity index (χ3v) is 3.81. The minimum absolute atomic E-state index is 0.388. The highest BCUT2D eigenvalue weighted by molar-refractivity contribution is 7.80. The van der Waals surface area contributed by atoms with Crippen LogP contribution in [0.3, 0.4) is 0 Å². The quantitative estimate of drug-likeness (QED) is 0.641. The molecule has 1 aromatic carbocycles. The third kappa shape index (κ3) is 4.19. The monoisotopic (exact) mass is 336 g/mol. The number of hydrogen-bond donors (Lipinski definition) is 2. The van der Waals surface area contributed by atoms with Crippen LogP contribution in [-0.4, -0.2) is 24.8 Å². The van der Waals surface area contributed by atoms with Crippen LogP contribution in [0.2, 0.25) is 0 Å². The Hall–Kier alpha value is -2.12. The van der Waals surface area contributed by atoms with E-state index < -0.39 is 0 Å². The van der Waals surface area contributed by atoms with Crippen molar-refractivity contribution in [3.63, 3.8) is 0 Å². The number of carbonyl (C=O) groups is 1. The van der Waals surface area contributed by atoms with Gasteiger partial charge in [0, 0.05) is 5.69 Å². The van der Waals surface area contributed by atoms with Gasteiger partial charge in [0.05, 0.1) is 19.4 Å². The Bertz CT molecular complexity index is 653. The van der Waals surface area contributed by atoms with Crippen LogP contribution in [0.4, 0.5) is 11.4 Å². The van der Waals surface area contributed by atoms with Gasteiger partial charge in [-0.05, 0) is 54.9 Å². The normalized spacial score (nSPS) is 9.91. The van der Waals surface area contributed by atoms with Gasteiger partial charge >= 0.3 is 5.97 Å². The number of anilines is 2. The topological polar surface area (TPSA) is 59.6 Å². The summed E-state index contributed by atoms with van der Waals surface area (Å²) in [5.74, 6) is 0.416. The molecule has 22 heavy (non-hydrogen) atoms. The third-order valence-electron chi connectivity index (χ3n) is 2.71. The van der Waals surface area contributed by atoms with Crippen LogP contribution in [0.5, 0.6) is 5.75 Å². The molecule has 5 nitrogen and oxygen atoms in total. The van der Waals surface area contributed by atoms with Crippen molar-refractivity contribution in [2.45, 2.75) is 6.92 Å². The van der Waals surface area contributed by atoms with Crippen LogP contribution < -0.4 is 15.4 Å². The summed E-state index contributed by atoms with van der Waals surface area (Å²) in [4.78, 5) is 12.1. The number of nitrogens with one attached hydrogen (secondary N) is 2. The molecule has 2 aromatic rings. The van der Waals surface area contributed by atoms with Gasteiger partial charge in [-0.2, -0.15) is 0 Å². The van der Waals surface area contributed by atoms with E-state index in [1.807, 2.05) is 31.2 Å². The number of benzene rings is 1. The van der Waals surface area contributed by atoms with Gasteiger partial charge < -0.3 is 20.1 Å². The Labute approximate surface area is 138 Å². The van der Waals surface area contributed by atoms with Crippen molar-refractivity contribution in [2.75, 3.05) is 24.4 Å². The zero-order valence-corrected chi connectivity index (χ0v) is 13.8. The van der Waals surface area contributed by atoms with Crippen molar-refractivity contribution in [3.05, 3.63) is 40.6 Å². The molecule has 0 aliphatic rings. The van der Waals surface area contributed by atoms with Gasteiger partial charge in [0.25, 0.3) is 0 Å². The van der Waals surface area contributed by atoms with E-state index in [-0.39, 0.29) is 5.97 Å². The second-order valence-electron chi connectivity index (χ2n) is 4.19. The molecular formula is C15H16N2O3S2. The van der Waals surface area contributed by atoms with E-state index in [1.165, 1.54) is 18.4 Å². The number of thiophene rings is 1. The molecule has 7 heteroatoms. The van der Waals surface area contributed by atoms with E-state index in [1.54, 1.807) is 11.4 Å². The first-order valence-corrected chi connectivity index (χ1v) is 7.89. The second-order valence-corrected chi connectivity index (χ2v) is 5.52. The molecule has 0 saturated heterocycles. The van der Waals surface area contributed by atoms with Gasteiger partial charge in [-0.1, -0.05) is 0 Å². The first-order chi connectivity index (χ1) is 10.6. The fourth-order valence-electron chi connectivity index (χ4n) is 1.74. The molecule has 0 atom stereocenters. The zero-order valence-electron chi connectivity index (χ0n) is 12.2. The lowest BCUT2D eigenvalue weighted by Crippen LogP contribution is -2.20. The Kier molecular flexibility index (Phi) is 5.74.